The third-order valence-electron chi connectivity index (χ3n) is 3.34. The van der Waals surface area contributed by atoms with Crippen LogP contribution >= 0.6 is 23.2 Å². The quantitative estimate of drug-likeness (QED) is 0.613. The summed E-state index contributed by atoms with van der Waals surface area (Å²) in [5, 5.41) is 0.411. The molecule has 0 aromatic carbocycles. The van der Waals surface area contributed by atoms with Gasteiger partial charge in [-0.1, -0.05) is 23.2 Å². The molecule has 11 heteroatoms. The number of alkyl halides is 3. The van der Waals surface area contributed by atoms with Gasteiger partial charge in [0.2, 0.25) is 0 Å². The third-order valence-corrected chi connectivity index (χ3v) is 3.82. The molecule has 0 fully saturated rings. The van der Waals surface area contributed by atoms with Gasteiger partial charge < -0.3 is 9.30 Å². The van der Waals surface area contributed by atoms with E-state index in [0.717, 1.165) is 6.20 Å². The summed E-state index contributed by atoms with van der Waals surface area (Å²) < 4.78 is 45.7. The largest absolute Gasteiger partial charge is 0.494 e. The number of nitrogens with zero attached hydrogens (tertiary/aromatic N) is 5. The molecule has 3 aromatic rings. The van der Waals surface area contributed by atoms with E-state index in [2.05, 4.69) is 19.9 Å². The molecule has 26 heavy (non-hydrogen) atoms. The highest BCUT2D eigenvalue weighted by molar-refractivity contribution is 6.31. The summed E-state index contributed by atoms with van der Waals surface area (Å²) in [5.74, 6) is 0.518. The fraction of sp³-hybridized carbons (Fsp3) is 0.200. The molecule has 0 aliphatic heterocycles. The molecular weight excluding hydrogens is 394 g/mol. The number of halogens is 5. The van der Waals surface area contributed by atoms with Crippen LogP contribution in [0, 0.1) is 0 Å². The molecule has 3 aromatic heterocycles. The van der Waals surface area contributed by atoms with Crippen LogP contribution < -0.4 is 4.74 Å². The van der Waals surface area contributed by atoms with Crippen molar-refractivity contribution in [3.63, 3.8) is 0 Å². The lowest BCUT2D eigenvalue weighted by molar-refractivity contribution is -0.140. The van der Waals surface area contributed by atoms with Crippen LogP contribution in [0.15, 0.2) is 30.9 Å². The molecule has 0 saturated carbocycles. The number of imidazole rings is 1. The van der Waals surface area contributed by atoms with Crippen molar-refractivity contribution in [3.8, 4) is 17.1 Å². The van der Waals surface area contributed by atoms with Crippen molar-refractivity contribution in [3.05, 3.63) is 52.5 Å². The summed E-state index contributed by atoms with van der Waals surface area (Å²) in [6, 6.07) is 1.46. The summed E-state index contributed by atoms with van der Waals surface area (Å²) in [4.78, 5) is 15.6. The third kappa shape index (κ3) is 3.88. The monoisotopic (exact) mass is 403 g/mol. The Kier molecular flexibility index (Phi) is 5.01. The molecule has 136 valence electrons. The zero-order valence-electron chi connectivity index (χ0n) is 13.1. The van der Waals surface area contributed by atoms with Gasteiger partial charge >= 0.3 is 6.18 Å². The van der Waals surface area contributed by atoms with Crippen molar-refractivity contribution in [1.29, 1.82) is 0 Å². The standard InChI is InChI=1S/C15H10Cl2F3N5O/c1-26-10-2-8(3-23-13(10)17)14-24-11(15(18,19)20)6-25(14)7-12-21-4-9(16)5-22-12/h2-6H,7H2,1H3. The molecule has 0 N–H and O–H groups in total. The van der Waals surface area contributed by atoms with Gasteiger partial charge in [0.1, 0.15) is 11.6 Å². The minimum absolute atomic E-state index is 0.0262. The first-order valence-corrected chi connectivity index (χ1v) is 7.84. The van der Waals surface area contributed by atoms with E-state index in [1.807, 2.05) is 0 Å². The van der Waals surface area contributed by atoms with Crippen molar-refractivity contribution < 1.29 is 17.9 Å². The highest BCUT2D eigenvalue weighted by Crippen LogP contribution is 2.33. The summed E-state index contributed by atoms with van der Waals surface area (Å²) in [6.07, 6.45) is 0.307. The number of aromatic nitrogens is 5. The van der Waals surface area contributed by atoms with Crippen LogP contribution in [0.5, 0.6) is 5.75 Å². The molecule has 0 saturated heterocycles. The number of ether oxygens (including phenoxy) is 1. The second kappa shape index (κ2) is 7.08. The molecule has 6 nitrogen and oxygen atoms in total. The Balaban J connectivity index is 2.08. The van der Waals surface area contributed by atoms with Gasteiger partial charge in [-0.15, -0.1) is 0 Å². The first-order valence-electron chi connectivity index (χ1n) is 7.08. The lowest BCUT2D eigenvalue weighted by atomic mass is 10.2. The minimum atomic E-state index is -4.61. The molecule has 3 rings (SSSR count). The minimum Gasteiger partial charge on any atom is -0.494 e. The van der Waals surface area contributed by atoms with Crippen LogP contribution in [-0.2, 0) is 12.7 Å². The van der Waals surface area contributed by atoms with Gasteiger partial charge in [-0.25, -0.2) is 19.9 Å². The van der Waals surface area contributed by atoms with E-state index in [9.17, 15) is 13.2 Å². The average Bonchev–Trinajstić information content (AvgIpc) is 3.01. The van der Waals surface area contributed by atoms with E-state index >= 15 is 0 Å². The number of methoxy groups -OCH3 is 1. The maximum Gasteiger partial charge on any atom is 0.434 e. The zero-order chi connectivity index (χ0) is 18.9. The molecule has 0 amide bonds. The van der Waals surface area contributed by atoms with Gasteiger partial charge in [0.05, 0.1) is 18.7 Å². The van der Waals surface area contributed by atoms with Crippen molar-refractivity contribution in [2.45, 2.75) is 12.7 Å². The smallest absolute Gasteiger partial charge is 0.434 e. The van der Waals surface area contributed by atoms with Crippen LogP contribution in [0.4, 0.5) is 13.2 Å². The number of rotatable bonds is 4. The summed E-state index contributed by atoms with van der Waals surface area (Å²) >= 11 is 11.6. The average molecular weight is 404 g/mol. The predicted octanol–water partition coefficient (Wildman–Crippen LogP) is 4.12. The number of hydrogen-bond acceptors (Lipinski definition) is 5. The molecule has 0 atom stereocenters. The summed E-state index contributed by atoms with van der Waals surface area (Å²) in [7, 11) is 1.38. The molecule has 0 bridgehead atoms. The Morgan fingerprint density at radius 1 is 1.12 bits per heavy atom. The van der Waals surface area contributed by atoms with Crippen LogP contribution in [0.3, 0.4) is 0 Å². The van der Waals surface area contributed by atoms with E-state index in [-0.39, 0.29) is 29.1 Å². The SMILES string of the molecule is COc1cc(-c2nc(C(F)(F)F)cn2Cc2ncc(Cl)cn2)cnc1Cl. The van der Waals surface area contributed by atoms with Gasteiger partial charge in [-0.2, -0.15) is 13.2 Å². The highest BCUT2D eigenvalue weighted by atomic mass is 35.5. The van der Waals surface area contributed by atoms with E-state index < -0.39 is 11.9 Å². The Bertz CT molecular complexity index is 928. The molecule has 0 aliphatic rings. The highest BCUT2D eigenvalue weighted by Gasteiger charge is 2.35. The van der Waals surface area contributed by atoms with Gasteiger partial charge in [-0.3, -0.25) is 0 Å². The lowest BCUT2D eigenvalue weighted by Crippen LogP contribution is -2.06. The van der Waals surface area contributed by atoms with Crippen LogP contribution in [0.25, 0.3) is 11.4 Å². The van der Waals surface area contributed by atoms with E-state index in [1.54, 1.807) is 0 Å². The maximum absolute atomic E-state index is 13.1. The Labute approximate surface area is 155 Å². The molecule has 3 heterocycles. The van der Waals surface area contributed by atoms with E-state index in [0.29, 0.717) is 10.6 Å². The molecule has 0 aliphatic carbocycles. The van der Waals surface area contributed by atoms with Gasteiger partial charge in [0.15, 0.2) is 16.6 Å². The lowest BCUT2D eigenvalue weighted by Gasteiger charge is -2.08. The van der Waals surface area contributed by atoms with E-state index in [1.165, 1.54) is 36.3 Å². The molecule has 0 radical (unpaired) electrons. The first kappa shape index (κ1) is 18.4. The fourth-order valence-electron chi connectivity index (χ4n) is 2.17. The Hall–Kier alpha value is -2.39. The van der Waals surface area contributed by atoms with Crippen molar-refractivity contribution in [2.24, 2.45) is 0 Å². The van der Waals surface area contributed by atoms with Gasteiger partial charge in [0.25, 0.3) is 0 Å². The Morgan fingerprint density at radius 2 is 1.81 bits per heavy atom. The summed E-state index contributed by atoms with van der Waals surface area (Å²) in [5.41, 5.74) is -0.744. The van der Waals surface area contributed by atoms with Crippen molar-refractivity contribution in [2.75, 3.05) is 7.11 Å². The van der Waals surface area contributed by atoms with Gasteiger partial charge in [-0.05, 0) is 6.07 Å². The fourth-order valence-corrected chi connectivity index (χ4v) is 2.45. The normalized spacial score (nSPS) is 11.6. The number of pyridine rings is 1. The second-order valence-corrected chi connectivity index (χ2v) is 5.90. The molecule has 0 unspecified atom stereocenters. The topological polar surface area (TPSA) is 65.7 Å². The van der Waals surface area contributed by atoms with Crippen LogP contribution in [0.1, 0.15) is 11.5 Å². The van der Waals surface area contributed by atoms with E-state index in [4.69, 9.17) is 27.9 Å². The molecule has 0 spiro atoms. The van der Waals surface area contributed by atoms with Crippen LogP contribution in [0.2, 0.25) is 10.2 Å². The maximum atomic E-state index is 13.1. The van der Waals surface area contributed by atoms with Gasteiger partial charge in [0, 0.05) is 30.4 Å². The Morgan fingerprint density at radius 3 is 2.42 bits per heavy atom. The summed E-state index contributed by atoms with van der Waals surface area (Å²) in [6.45, 7) is -0.0411. The first-order chi connectivity index (χ1) is 12.3. The predicted molar refractivity (Wildman–Crippen MR) is 88.2 cm³/mol. The van der Waals surface area contributed by atoms with Crippen molar-refractivity contribution in [1.82, 2.24) is 24.5 Å². The second-order valence-electron chi connectivity index (χ2n) is 5.11. The van der Waals surface area contributed by atoms with Crippen molar-refractivity contribution >= 4 is 23.2 Å². The number of hydrogen-bond donors (Lipinski definition) is 0. The van der Waals surface area contributed by atoms with Crippen LogP contribution in [-0.4, -0.2) is 31.6 Å². The zero-order valence-corrected chi connectivity index (χ0v) is 14.6. The molecular formula is C15H10Cl2F3N5O.